The number of carbonyl (C=O) groups is 5. The summed E-state index contributed by atoms with van der Waals surface area (Å²) in [5.41, 5.74) is 10.7. The molecule has 0 aliphatic carbocycles. The molecule has 1 amide bonds. The number of rotatable bonds is 7. The molecule has 0 saturated heterocycles. The van der Waals surface area contributed by atoms with Gasteiger partial charge in [-0.2, -0.15) is 13.2 Å². The highest BCUT2D eigenvalue weighted by molar-refractivity contribution is 14.1. The number of benzene rings is 6. The molecule has 370 valence electrons. The second-order valence-corrected chi connectivity index (χ2v) is 20.1. The molecule has 22 heteroatoms. The predicted molar refractivity (Wildman–Crippen MR) is 295 cm³/mol. The van der Waals surface area contributed by atoms with E-state index in [2.05, 4.69) is 110 Å². The summed E-state index contributed by atoms with van der Waals surface area (Å²) in [5, 5.41) is 27.8. The summed E-state index contributed by atoms with van der Waals surface area (Å²) in [6, 6.07) is 39.2. The maximum atomic E-state index is 12.4. The van der Waals surface area contributed by atoms with Crippen molar-refractivity contribution in [3.8, 4) is 11.1 Å². The molecule has 0 aliphatic heterocycles. The smallest absolute Gasteiger partial charge is 0.475 e. The maximum Gasteiger partial charge on any atom is 0.490 e. The van der Waals surface area contributed by atoms with Gasteiger partial charge in [0.1, 0.15) is 5.60 Å². The molecule has 0 fully saturated rings. The maximum absolute atomic E-state index is 12.4. The number of amides is 1. The van der Waals surface area contributed by atoms with Crippen LogP contribution in [0.1, 0.15) is 62.2 Å². The van der Waals surface area contributed by atoms with E-state index in [-0.39, 0.29) is 17.8 Å². The fourth-order valence-corrected chi connectivity index (χ4v) is 6.90. The van der Waals surface area contributed by atoms with Crippen LogP contribution in [0, 0.1) is 10.7 Å². The number of aliphatic carboxylic acids is 1. The highest BCUT2D eigenvalue weighted by Crippen LogP contribution is 2.30. The van der Waals surface area contributed by atoms with Crippen molar-refractivity contribution in [3.63, 3.8) is 0 Å². The zero-order valence-corrected chi connectivity index (χ0v) is 47.1. The third kappa shape index (κ3) is 22.6. The van der Waals surface area contributed by atoms with E-state index >= 15 is 0 Å². The molecular weight excluding hydrogens is 1390 g/mol. The van der Waals surface area contributed by atoms with Crippen LogP contribution in [0.2, 0.25) is 0 Å². The highest BCUT2D eigenvalue weighted by atomic mass is 127. The number of carbonyl (C=O) groups excluding carboxylic acids is 4. The number of nitrogens with one attached hydrogen (secondary N) is 1. The lowest BCUT2D eigenvalue weighted by Gasteiger charge is -2.19. The molecule has 0 unspecified atom stereocenters. The third-order valence-corrected chi connectivity index (χ3v) is 12.7. The fourth-order valence-electron chi connectivity index (χ4n) is 4.86. The molecule has 6 rings (SSSR count). The number of esters is 3. The second kappa shape index (κ2) is 29.7. The van der Waals surface area contributed by atoms with E-state index in [1.165, 1.54) is 42.1 Å². The second-order valence-electron chi connectivity index (χ2n) is 14.7. The van der Waals surface area contributed by atoms with Crippen LogP contribution >= 0.6 is 99.6 Å². The van der Waals surface area contributed by atoms with E-state index in [0.29, 0.717) is 27.7 Å². The molecule has 6 N–H and O–H groups in total. The van der Waals surface area contributed by atoms with Crippen LogP contribution in [0.5, 0.6) is 0 Å². The number of hydrogen-bond donors (Lipinski definition) is 5. The summed E-state index contributed by atoms with van der Waals surface area (Å²) in [6.07, 6.45) is -5.08. The van der Waals surface area contributed by atoms with Crippen LogP contribution in [-0.2, 0) is 19.0 Å². The van der Waals surface area contributed by atoms with Gasteiger partial charge in [-0.25, -0.2) is 19.2 Å². The SMILES string of the molecule is CC(C)(C)OC(=O)c1ccc(B(O)O)cc1.COC(=O)c1ccc(-c2ccc(C(=O)Nc3ccc(I)cc3)cc2)c(Br)c1.COC(=O)c1ccc(I)c(Br)c1.Nc1ccc(I)cc1.O=C(O)C(F)(F)F. The van der Waals surface area contributed by atoms with Gasteiger partial charge in [0, 0.05) is 36.6 Å². The molecule has 70 heavy (non-hydrogen) atoms. The Morgan fingerprint density at radius 3 is 1.44 bits per heavy atom. The van der Waals surface area contributed by atoms with Crippen molar-refractivity contribution in [3.05, 3.63) is 175 Å². The van der Waals surface area contributed by atoms with E-state index in [1.54, 1.807) is 57.2 Å². The van der Waals surface area contributed by atoms with Crippen molar-refractivity contribution < 1.29 is 66.5 Å². The molecule has 0 aromatic heterocycles. The molecule has 0 atom stereocenters. The quantitative estimate of drug-likeness (QED) is 0.0332. The monoisotopic (exact) mass is 1430 g/mol. The summed E-state index contributed by atoms with van der Waals surface area (Å²) in [6.45, 7) is 5.37. The topological polar surface area (TPSA) is 212 Å². The van der Waals surface area contributed by atoms with Crippen molar-refractivity contribution in [1.29, 1.82) is 0 Å². The van der Waals surface area contributed by atoms with Crippen LogP contribution in [-0.4, -0.2) is 78.1 Å². The van der Waals surface area contributed by atoms with Gasteiger partial charge in [0.2, 0.25) is 0 Å². The van der Waals surface area contributed by atoms with Gasteiger partial charge in [0.05, 0.1) is 30.9 Å². The molecule has 0 spiro atoms. The first kappa shape index (κ1) is 61.5. The number of alkyl halides is 3. The molecule has 6 aromatic carbocycles. The van der Waals surface area contributed by atoms with Gasteiger partial charge in [0.15, 0.2) is 0 Å². The Hall–Kier alpha value is -4.61. The van der Waals surface area contributed by atoms with Gasteiger partial charge in [-0.1, -0.05) is 46.3 Å². The lowest BCUT2D eigenvalue weighted by molar-refractivity contribution is -0.192. The summed E-state index contributed by atoms with van der Waals surface area (Å²) in [5.74, 6) is -4.04. The number of ether oxygens (including phenoxy) is 3. The molecular formula is C48H43BBr2F3I3N2O11. The van der Waals surface area contributed by atoms with Crippen LogP contribution < -0.4 is 16.5 Å². The summed E-state index contributed by atoms with van der Waals surface area (Å²) in [4.78, 5) is 55.5. The molecule has 0 heterocycles. The van der Waals surface area contributed by atoms with Gasteiger partial charge in [-0.05, 0) is 224 Å². The zero-order valence-electron chi connectivity index (χ0n) is 37.5. The Labute approximate surface area is 459 Å². The summed E-state index contributed by atoms with van der Waals surface area (Å²) < 4.78 is 51.3. The van der Waals surface area contributed by atoms with E-state index in [1.807, 2.05) is 72.8 Å². The van der Waals surface area contributed by atoms with Crippen molar-refractivity contribution in [2.75, 3.05) is 25.3 Å². The molecule has 13 nitrogen and oxygen atoms in total. The van der Waals surface area contributed by atoms with Crippen LogP contribution in [0.4, 0.5) is 24.5 Å². The predicted octanol–water partition coefficient (Wildman–Crippen LogP) is 11.4. The van der Waals surface area contributed by atoms with Gasteiger partial charge in [-0.3, -0.25) is 4.79 Å². The molecule has 0 saturated carbocycles. The van der Waals surface area contributed by atoms with Crippen molar-refractivity contribution in [2.45, 2.75) is 32.5 Å². The summed E-state index contributed by atoms with van der Waals surface area (Å²) in [7, 11) is 1.20. The number of nitrogen functional groups attached to an aromatic ring is 1. The minimum Gasteiger partial charge on any atom is -0.475 e. The number of anilines is 2. The average Bonchev–Trinajstić information content (AvgIpc) is 3.31. The highest BCUT2D eigenvalue weighted by Gasteiger charge is 2.38. The minimum atomic E-state index is -5.08. The zero-order chi connectivity index (χ0) is 52.9. The first-order chi connectivity index (χ1) is 32.6. The standard InChI is InChI=1S/C21H15BrINO3.C11H15BO4.C8H6BrIO2.C6H6IN.C2HF3O2/c1-27-21(26)15-6-11-18(19(22)12-15)13-2-4-14(5-3-13)20(25)24-17-9-7-16(23)8-10-17;1-11(2,3)16-10(13)8-4-6-9(7-5-8)12(14)15;1-12-8(11)5-2-3-7(10)6(9)4-5;7-5-1-3-6(8)4-2-5;3-2(4,5)1(6)7/h2-12H,1H3,(H,24,25);4-7,14-15H,1-3H3;2-4H,1H3;1-4H,8H2;(H,6,7). The van der Waals surface area contributed by atoms with Crippen molar-refractivity contribution >= 4 is 153 Å². The van der Waals surface area contributed by atoms with E-state index in [4.69, 9.17) is 35.2 Å². The Balaban J connectivity index is 0.000000332. The number of hydrogen-bond acceptors (Lipinski definition) is 11. The number of methoxy groups -OCH3 is 2. The lowest BCUT2D eigenvalue weighted by Crippen LogP contribution is -2.30. The van der Waals surface area contributed by atoms with Crippen LogP contribution in [0.3, 0.4) is 0 Å². The average molecular weight is 1430 g/mol. The Bertz CT molecular complexity index is 2670. The van der Waals surface area contributed by atoms with E-state index < -0.39 is 30.8 Å². The molecule has 0 radical (unpaired) electrons. The number of nitrogens with two attached hydrogens (primary N) is 1. The van der Waals surface area contributed by atoms with E-state index in [9.17, 15) is 32.3 Å². The van der Waals surface area contributed by atoms with Crippen molar-refractivity contribution in [2.24, 2.45) is 0 Å². The number of carboxylic acids is 1. The first-order valence-corrected chi connectivity index (χ1v) is 24.6. The Morgan fingerprint density at radius 2 is 1.04 bits per heavy atom. The fraction of sp³-hybridized carbons (Fsp3) is 0.146. The third-order valence-electron chi connectivity index (χ3n) is 8.25. The number of carboxylic acid groups (broad SMARTS) is 1. The molecule has 0 aliphatic rings. The first-order valence-electron chi connectivity index (χ1n) is 19.7. The van der Waals surface area contributed by atoms with Gasteiger partial charge >= 0.3 is 37.2 Å². The van der Waals surface area contributed by atoms with Crippen molar-refractivity contribution in [1.82, 2.24) is 0 Å². The molecule has 6 aromatic rings. The van der Waals surface area contributed by atoms with Gasteiger partial charge in [-0.15, -0.1) is 0 Å². The van der Waals surface area contributed by atoms with Gasteiger partial charge < -0.3 is 40.4 Å². The minimum absolute atomic E-state index is 0.164. The largest absolute Gasteiger partial charge is 0.490 e. The summed E-state index contributed by atoms with van der Waals surface area (Å²) >= 11 is 13.5. The lowest BCUT2D eigenvalue weighted by atomic mass is 9.80. The van der Waals surface area contributed by atoms with Crippen LogP contribution in [0.25, 0.3) is 11.1 Å². The van der Waals surface area contributed by atoms with Crippen LogP contribution in [0.15, 0.2) is 142 Å². The number of halogens is 8. The Kier molecular flexibility index (Phi) is 26.1. The van der Waals surface area contributed by atoms with Gasteiger partial charge in [0.25, 0.3) is 5.91 Å². The normalized spacial score (nSPS) is 10.3. The van der Waals surface area contributed by atoms with E-state index in [0.717, 1.165) is 38.6 Å². The molecule has 0 bridgehead atoms. The Morgan fingerprint density at radius 1 is 0.614 bits per heavy atom.